The fourth-order valence-corrected chi connectivity index (χ4v) is 6.06. The minimum absolute atomic E-state index is 0.114. The van der Waals surface area contributed by atoms with Crippen LogP contribution in [0.5, 0.6) is 0 Å². The third-order valence-electron chi connectivity index (χ3n) is 9.17. The molecule has 6 aromatic carbocycles. The summed E-state index contributed by atoms with van der Waals surface area (Å²) in [6.07, 6.45) is 0. The Morgan fingerprint density at radius 2 is 1.13 bits per heavy atom. The van der Waals surface area contributed by atoms with Crippen molar-refractivity contribution in [2.75, 3.05) is 0 Å². The number of rotatable bonds is 2. The van der Waals surface area contributed by atoms with Crippen molar-refractivity contribution in [3.63, 3.8) is 0 Å². The van der Waals surface area contributed by atoms with Crippen molar-refractivity contribution in [3.05, 3.63) is 90.5 Å². The van der Waals surface area contributed by atoms with Crippen LogP contribution in [0, 0.1) is 0 Å². The zero-order chi connectivity index (χ0) is 27.3. The first-order valence-corrected chi connectivity index (χ1v) is 14.0. The maximum Gasteiger partial charge on any atom is 0.494 e. The molecule has 6 aromatic rings. The lowest BCUT2D eigenvalue weighted by atomic mass is 9.78. The van der Waals surface area contributed by atoms with E-state index in [-0.39, 0.29) is 23.7 Å². The molecule has 2 nitrogen and oxygen atoms in total. The van der Waals surface area contributed by atoms with Crippen LogP contribution in [-0.2, 0) is 14.7 Å². The van der Waals surface area contributed by atoms with Crippen molar-refractivity contribution in [1.82, 2.24) is 0 Å². The van der Waals surface area contributed by atoms with Crippen LogP contribution in [0.2, 0.25) is 0 Å². The van der Waals surface area contributed by atoms with E-state index in [0.717, 1.165) is 5.46 Å². The molecule has 0 radical (unpaired) electrons. The highest BCUT2D eigenvalue weighted by molar-refractivity contribution is 6.62. The molecule has 0 unspecified atom stereocenters. The average Bonchev–Trinajstić information content (AvgIpc) is 3.12. The van der Waals surface area contributed by atoms with E-state index in [1.54, 1.807) is 0 Å². The average molecular weight is 510 g/mol. The molecule has 1 heterocycles. The van der Waals surface area contributed by atoms with E-state index in [1.807, 2.05) is 0 Å². The van der Waals surface area contributed by atoms with Gasteiger partial charge in [-0.2, -0.15) is 0 Å². The summed E-state index contributed by atoms with van der Waals surface area (Å²) in [4.78, 5) is 0. The summed E-state index contributed by atoms with van der Waals surface area (Å²) >= 11 is 0. The number of benzene rings is 6. The second-order valence-electron chi connectivity index (χ2n) is 13.3. The van der Waals surface area contributed by atoms with Gasteiger partial charge in [0.25, 0.3) is 0 Å². The highest BCUT2D eigenvalue weighted by atomic mass is 16.7. The summed E-state index contributed by atoms with van der Waals surface area (Å²) < 4.78 is 12.6. The first-order valence-electron chi connectivity index (χ1n) is 14.0. The molecule has 0 N–H and O–H groups in total. The van der Waals surface area contributed by atoms with Gasteiger partial charge in [0.2, 0.25) is 0 Å². The SMILES string of the molecule is CC(C)(C)c1cc2ccc3ccc(-c4ccc5cc(B6OC(C)(C)C(C)(C)O6)ccc5c4)c4ccc(c1)c2c34. The van der Waals surface area contributed by atoms with Crippen LogP contribution in [0.3, 0.4) is 0 Å². The van der Waals surface area contributed by atoms with Gasteiger partial charge < -0.3 is 9.31 Å². The number of fused-ring (bicyclic) bond motifs is 1. The molecular weight excluding hydrogens is 475 g/mol. The zero-order valence-electron chi connectivity index (χ0n) is 24.0. The van der Waals surface area contributed by atoms with Crippen molar-refractivity contribution < 1.29 is 9.31 Å². The molecular formula is C36H35BO2. The Morgan fingerprint density at radius 1 is 0.564 bits per heavy atom. The molecule has 0 aromatic heterocycles. The summed E-state index contributed by atoms with van der Waals surface area (Å²) in [6.45, 7) is 15.3. The standard InChI is InChI=1S/C36H35BO2/c1-34(2,3)28-19-26-11-8-22-13-16-30(31-17-14-27(20-28)32(26)33(22)31)25-10-9-24-21-29(15-12-23(24)18-25)37-38-35(4,5)36(6,7)39-37/h8-21H,1-7H3. The van der Waals surface area contributed by atoms with E-state index in [2.05, 4.69) is 133 Å². The highest BCUT2D eigenvalue weighted by Crippen LogP contribution is 2.42. The smallest absolute Gasteiger partial charge is 0.399 e. The van der Waals surface area contributed by atoms with Crippen LogP contribution < -0.4 is 5.46 Å². The summed E-state index contributed by atoms with van der Waals surface area (Å²) in [6, 6.07) is 31.8. The van der Waals surface area contributed by atoms with Crippen LogP contribution in [-0.4, -0.2) is 18.3 Å². The molecule has 0 atom stereocenters. The molecule has 1 aliphatic heterocycles. The second-order valence-corrected chi connectivity index (χ2v) is 13.3. The Bertz CT molecular complexity index is 1870. The summed E-state index contributed by atoms with van der Waals surface area (Å²) in [5.41, 5.74) is 4.37. The lowest BCUT2D eigenvalue weighted by Gasteiger charge is -2.32. The predicted octanol–water partition coefficient (Wildman–Crippen LogP) is 9.00. The molecule has 0 aliphatic carbocycles. The molecule has 0 amide bonds. The third-order valence-corrected chi connectivity index (χ3v) is 9.17. The van der Waals surface area contributed by atoms with E-state index < -0.39 is 0 Å². The van der Waals surface area contributed by atoms with E-state index >= 15 is 0 Å². The molecule has 0 bridgehead atoms. The van der Waals surface area contributed by atoms with E-state index in [9.17, 15) is 0 Å². The van der Waals surface area contributed by atoms with Gasteiger partial charge in [0, 0.05) is 0 Å². The van der Waals surface area contributed by atoms with E-state index in [0.29, 0.717) is 0 Å². The maximum atomic E-state index is 6.30. The molecule has 7 rings (SSSR count). The molecule has 1 aliphatic rings. The van der Waals surface area contributed by atoms with Crippen LogP contribution in [0.1, 0.15) is 54.0 Å². The fraction of sp³-hybridized carbons (Fsp3) is 0.278. The number of hydrogen-bond donors (Lipinski definition) is 0. The van der Waals surface area contributed by atoms with Gasteiger partial charge in [-0.25, -0.2) is 0 Å². The Balaban J connectivity index is 1.34. The molecule has 3 heteroatoms. The van der Waals surface area contributed by atoms with Gasteiger partial charge in [-0.05, 0) is 104 Å². The maximum absolute atomic E-state index is 6.30. The van der Waals surface area contributed by atoms with E-state index in [4.69, 9.17) is 9.31 Å². The van der Waals surface area contributed by atoms with Crippen LogP contribution in [0.15, 0.2) is 84.9 Å². The second kappa shape index (κ2) is 8.07. The van der Waals surface area contributed by atoms with Gasteiger partial charge in [-0.3, -0.25) is 0 Å². The first-order chi connectivity index (χ1) is 18.4. The third kappa shape index (κ3) is 3.78. The van der Waals surface area contributed by atoms with Gasteiger partial charge in [0.15, 0.2) is 0 Å². The minimum atomic E-state index is -0.351. The highest BCUT2D eigenvalue weighted by Gasteiger charge is 2.51. The monoisotopic (exact) mass is 510 g/mol. The lowest BCUT2D eigenvalue weighted by Crippen LogP contribution is -2.41. The Kier molecular flexibility index (Phi) is 5.09. The summed E-state index contributed by atoms with van der Waals surface area (Å²) in [7, 11) is -0.351. The molecule has 1 saturated heterocycles. The van der Waals surface area contributed by atoms with Gasteiger partial charge in [-0.15, -0.1) is 0 Å². The lowest BCUT2D eigenvalue weighted by molar-refractivity contribution is 0.00578. The molecule has 0 spiro atoms. The van der Waals surface area contributed by atoms with Crippen molar-refractivity contribution >= 4 is 55.7 Å². The van der Waals surface area contributed by atoms with E-state index in [1.165, 1.54) is 59.8 Å². The van der Waals surface area contributed by atoms with Crippen molar-refractivity contribution in [2.45, 2.75) is 65.1 Å². The minimum Gasteiger partial charge on any atom is -0.399 e. The molecule has 1 fully saturated rings. The van der Waals surface area contributed by atoms with Crippen LogP contribution >= 0.6 is 0 Å². The first kappa shape index (κ1) is 24.6. The zero-order valence-corrected chi connectivity index (χ0v) is 24.0. The molecule has 194 valence electrons. The summed E-state index contributed by atoms with van der Waals surface area (Å²) in [5, 5.41) is 10.4. The molecule has 39 heavy (non-hydrogen) atoms. The van der Waals surface area contributed by atoms with Crippen molar-refractivity contribution in [3.8, 4) is 11.1 Å². The predicted molar refractivity (Wildman–Crippen MR) is 168 cm³/mol. The van der Waals surface area contributed by atoms with Crippen LogP contribution in [0.4, 0.5) is 0 Å². The summed E-state index contributed by atoms with van der Waals surface area (Å²) in [5.74, 6) is 0. The Labute approximate surface area is 231 Å². The van der Waals surface area contributed by atoms with Gasteiger partial charge in [0.05, 0.1) is 11.2 Å². The number of hydrogen-bond acceptors (Lipinski definition) is 2. The van der Waals surface area contributed by atoms with Crippen molar-refractivity contribution in [2.24, 2.45) is 0 Å². The van der Waals surface area contributed by atoms with Gasteiger partial charge in [0.1, 0.15) is 0 Å². The van der Waals surface area contributed by atoms with Gasteiger partial charge >= 0.3 is 7.12 Å². The van der Waals surface area contributed by atoms with Gasteiger partial charge in [-0.1, -0.05) is 99.6 Å². The quantitative estimate of drug-likeness (QED) is 0.171. The largest absolute Gasteiger partial charge is 0.494 e. The van der Waals surface area contributed by atoms with Crippen LogP contribution in [0.25, 0.3) is 54.2 Å². The molecule has 0 saturated carbocycles. The van der Waals surface area contributed by atoms with Crippen molar-refractivity contribution in [1.29, 1.82) is 0 Å². The topological polar surface area (TPSA) is 18.5 Å². The Hall–Kier alpha value is -3.40. The fourth-order valence-electron chi connectivity index (χ4n) is 6.06. The Morgan fingerprint density at radius 3 is 1.82 bits per heavy atom. The normalized spacial score (nSPS) is 17.3.